The van der Waals surface area contributed by atoms with E-state index in [1.807, 2.05) is 13.8 Å². The van der Waals surface area contributed by atoms with Crippen LogP contribution in [0.3, 0.4) is 0 Å². The monoisotopic (exact) mass is 398 g/mol. The van der Waals surface area contributed by atoms with Crippen LogP contribution in [0, 0.1) is 0 Å². The van der Waals surface area contributed by atoms with E-state index in [1.165, 1.54) is 6.92 Å². The van der Waals surface area contributed by atoms with Crippen LogP contribution in [0.5, 0.6) is 5.75 Å². The van der Waals surface area contributed by atoms with E-state index in [9.17, 15) is 14.4 Å². The van der Waals surface area contributed by atoms with Crippen LogP contribution in [0.25, 0.3) is 0 Å². The highest BCUT2D eigenvalue weighted by Gasteiger charge is 2.20. The number of ether oxygens (including phenoxy) is 2. The van der Waals surface area contributed by atoms with Gasteiger partial charge in [-0.1, -0.05) is 12.1 Å². The number of ketones is 1. The fraction of sp³-hybridized carbons (Fsp3) is 0.318. The van der Waals surface area contributed by atoms with E-state index in [0.717, 1.165) is 5.56 Å². The number of hydrogen-bond donors (Lipinski definition) is 2. The van der Waals surface area contributed by atoms with Crippen molar-refractivity contribution in [1.82, 2.24) is 10.6 Å². The summed E-state index contributed by atoms with van der Waals surface area (Å²) >= 11 is 0. The summed E-state index contributed by atoms with van der Waals surface area (Å²) in [6.45, 7) is 5.62. The van der Waals surface area contributed by atoms with Crippen molar-refractivity contribution in [2.24, 2.45) is 0 Å². The smallest absolute Gasteiger partial charge is 0.338 e. The molecular formula is C22H26N2O5. The highest BCUT2D eigenvalue weighted by Crippen LogP contribution is 2.15. The van der Waals surface area contributed by atoms with Crippen LogP contribution in [-0.4, -0.2) is 37.0 Å². The molecule has 0 saturated carbocycles. The quantitative estimate of drug-likeness (QED) is 0.525. The Balaban J connectivity index is 1.90. The van der Waals surface area contributed by atoms with Gasteiger partial charge in [-0.05, 0) is 62.7 Å². The van der Waals surface area contributed by atoms with Crippen molar-refractivity contribution in [3.8, 4) is 5.75 Å². The Morgan fingerprint density at radius 3 is 2.03 bits per heavy atom. The van der Waals surface area contributed by atoms with Gasteiger partial charge < -0.3 is 20.1 Å². The first-order valence-corrected chi connectivity index (χ1v) is 9.32. The summed E-state index contributed by atoms with van der Waals surface area (Å²) in [6, 6.07) is 13.1. The van der Waals surface area contributed by atoms with E-state index in [0.29, 0.717) is 23.4 Å². The molecule has 0 bridgehead atoms. The second-order valence-electron chi connectivity index (χ2n) is 6.82. The second kappa shape index (κ2) is 10.3. The molecule has 0 aliphatic carbocycles. The van der Waals surface area contributed by atoms with Crippen molar-refractivity contribution < 1.29 is 23.9 Å². The molecule has 2 amide bonds. The maximum Gasteiger partial charge on any atom is 0.338 e. The molecule has 7 nitrogen and oxygen atoms in total. The molecule has 2 rings (SSSR count). The number of benzene rings is 2. The number of carbonyl (C=O) groups is 3. The molecule has 0 fully saturated rings. The van der Waals surface area contributed by atoms with Crippen molar-refractivity contribution in [3.05, 3.63) is 65.2 Å². The van der Waals surface area contributed by atoms with Gasteiger partial charge in [0.1, 0.15) is 5.75 Å². The van der Waals surface area contributed by atoms with Crippen molar-refractivity contribution in [1.29, 1.82) is 0 Å². The first-order valence-electron chi connectivity index (χ1n) is 9.32. The molecule has 2 aromatic rings. The average molecular weight is 398 g/mol. The molecule has 154 valence electrons. The second-order valence-corrected chi connectivity index (χ2v) is 6.82. The van der Waals surface area contributed by atoms with Crippen LogP contribution in [-0.2, 0) is 11.3 Å². The standard InChI is InChI=1S/C22H26N2O5/c1-14(2)24-22(27)23-13-16-5-7-18(8-6-16)21(26)29-15(3)20(25)17-9-11-19(28-4)12-10-17/h5-12,14-15H,13H2,1-4H3,(H2,23,24,27)/t15-/m1/s1. The van der Waals surface area contributed by atoms with Crippen LogP contribution in [0.2, 0.25) is 0 Å². The lowest BCUT2D eigenvalue weighted by atomic mass is 10.1. The predicted molar refractivity (Wildman–Crippen MR) is 109 cm³/mol. The highest BCUT2D eigenvalue weighted by molar-refractivity contribution is 6.01. The lowest BCUT2D eigenvalue weighted by Crippen LogP contribution is -2.39. The fourth-order valence-corrected chi connectivity index (χ4v) is 2.53. The Hall–Kier alpha value is -3.35. The largest absolute Gasteiger partial charge is 0.497 e. The Kier molecular flexibility index (Phi) is 7.77. The van der Waals surface area contributed by atoms with E-state index in [1.54, 1.807) is 55.6 Å². The third-order valence-electron chi connectivity index (χ3n) is 4.09. The third-order valence-corrected chi connectivity index (χ3v) is 4.09. The molecule has 2 N–H and O–H groups in total. The summed E-state index contributed by atoms with van der Waals surface area (Å²) in [5, 5.41) is 5.46. The number of rotatable bonds is 8. The van der Waals surface area contributed by atoms with Crippen molar-refractivity contribution in [2.45, 2.75) is 39.5 Å². The molecule has 0 spiro atoms. The number of nitrogens with one attached hydrogen (secondary N) is 2. The molecule has 29 heavy (non-hydrogen) atoms. The maximum absolute atomic E-state index is 12.4. The zero-order valence-electron chi connectivity index (χ0n) is 17.0. The van der Waals surface area contributed by atoms with Crippen LogP contribution in [0.15, 0.2) is 48.5 Å². The molecule has 7 heteroatoms. The van der Waals surface area contributed by atoms with Crippen LogP contribution < -0.4 is 15.4 Å². The predicted octanol–water partition coefficient (Wildman–Crippen LogP) is 3.33. The van der Waals surface area contributed by atoms with Gasteiger partial charge >= 0.3 is 12.0 Å². The first kappa shape index (κ1) is 21.9. The molecule has 0 aliphatic heterocycles. The number of methoxy groups -OCH3 is 1. The maximum atomic E-state index is 12.4. The van der Waals surface area contributed by atoms with Gasteiger partial charge in [0.25, 0.3) is 0 Å². The van der Waals surface area contributed by atoms with Gasteiger partial charge in [0, 0.05) is 18.2 Å². The van der Waals surface area contributed by atoms with Crippen LogP contribution >= 0.6 is 0 Å². The number of amides is 2. The van der Waals surface area contributed by atoms with Gasteiger partial charge in [0.2, 0.25) is 5.78 Å². The normalized spacial score (nSPS) is 11.5. The minimum Gasteiger partial charge on any atom is -0.497 e. The SMILES string of the molecule is COc1ccc(C(=O)[C@@H](C)OC(=O)c2ccc(CNC(=O)NC(C)C)cc2)cc1. The van der Waals surface area contributed by atoms with Crippen LogP contribution in [0.4, 0.5) is 4.79 Å². The number of esters is 1. The summed E-state index contributed by atoms with van der Waals surface area (Å²) in [4.78, 5) is 36.3. The number of hydrogen-bond acceptors (Lipinski definition) is 5. The van der Waals surface area contributed by atoms with Gasteiger partial charge in [0.05, 0.1) is 12.7 Å². The van der Waals surface area contributed by atoms with Crippen molar-refractivity contribution in [2.75, 3.05) is 7.11 Å². The zero-order valence-corrected chi connectivity index (χ0v) is 17.0. The van der Waals surface area contributed by atoms with Gasteiger partial charge in [-0.2, -0.15) is 0 Å². The molecule has 0 radical (unpaired) electrons. The summed E-state index contributed by atoms with van der Waals surface area (Å²) in [5.74, 6) is -0.239. The van der Waals surface area contributed by atoms with E-state index in [2.05, 4.69) is 10.6 Å². The molecular weight excluding hydrogens is 372 g/mol. The fourth-order valence-electron chi connectivity index (χ4n) is 2.53. The lowest BCUT2D eigenvalue weighted by Gasteiger charge is -2.13. The molecule has 0 unspecified atom stereocenters. The highest BCUT2D eigenvalue weighted by atomic mass is 16.5. The van der Waals surface area contributed by atoms with Crippen molar-refractivity contribution >= 4 is 17.8 Å². The molecule has 2 aromatic carbocycles. The van der Waals surface area contributed by atoms with Gasteiger partial charge in [-0.25, -0.2) is 9.59 Å². The third kappa shape index (κ3) is 6.64. The zero-order chi connectivity index (χ0) is 21.4. The molecule has 0 aliphatic rings. The first-order chi connectivity index (χ1) is 13.8. The van der Waals surface area contributed by atoms with Crippen molar-refractivity contribution in [3.63, 3.8) is 0 Å². The Morgan fingerprint density at radius 1 is 0.897 bits per heavy atom. The Morgan fingerprint density at radius 2 is 1.48 bits per heavy atom. The Bertz CT molecular complexity index is 845. The molecule has 0 heterocycles. The topological polar surface area (TPSA) is 93.7 Å². The minimum absolute atomic E-state index is 0.0507. The summed E-state index contributed by atoms with van der Waals surface area (Å²) < 4.78 is 10.4. The van der Waals surface area contributed by atoms with Gasteiger partial charge in [-0.15, -0.1) is 0 Å². The number of carbonyl (C=O) groups excluding carboxylic acids is 3. The Labute approximate surface area is 170 Å². The number of Topliss-reactive ketones (excluding diaryl/α,β-unsaturated/α-hetero) is 1. The van der Waals surface area contributed by atoms with E-state index in [4.69, 9.17) is 9.47 Å². The number of urea groups is 1. The lowest BCUT2D eigenvalue weighted by molar-refractivity contribution is 0.0319. The molecule has 0 saturated heterocycles. The minimum atomic E-state index is -0.919. The summed E-state index contributed by atoms with van der Waals surface area (Å²) in [7, 11) is 1.54. The summed E-state index contributed by atoms with van der Waals surface area (Å²) in [6.07, 6.45) is -0.919. The van der Waals surface area contributed by atoms with Gasteiger partial charge in [-0.3, -0.25) is 4.79 Å². The van der Waals surface area contributed by atoms with E-state index < -0.39 is 12.1 Å². The molecule has 1 atom stereocenters. The van der Waals surface area contributed by atoms with Crippen LogP contribution in [0.1, 0.15) is 47.1 Å². The van der Waals surface area contributed by atoms with E-state index in [-0.39, 0.29) is 17.9 Å². The summed E-state index contributed by atoms with van der Waals surface area (Å²) in [5.41, 5.74) is 1.60. The average Bonchev–Trinajstić information content (AvgIpc) is 2.71. The van der Waals surface area contributed by atoms with E-state index >= 15 is 0 Å². The van der Waals surface area contributed by atoms with Gasteiger partial charge in [0.15, 0.2) is 6.10 Å². The molecule has 0 aromatic heterocycles.